The van der Waals surface area contributed by atoms with Gasteiger partial charge in [-0.15, -0.1) is 0 Å². The van der Waals surface area contributed by atoms with Crippen LogP contribution in [0.25, 0.3) is 33.1 Å². The predicted molar refractivity (Wildman–Crippen MR) is 202 cm³/mol. The van der Waals surface area contributed by atoms with Gasteiger partial charge in [0.2, 0.25) is 0 Å². The zero-order valence-corrected chi connectivity index (χ0v) is 28.6. The van der Waals surface area contributed by atoms with E-state index in [1.54, 1.807) is 0 Å². The molecule has 0 aliphatic heterocycles. The average molecular weight is 631 g/mol. The SMILES string of the molecule is CC1=CC2=C(CC1)c1ccc(C)cc1C21c2ccccc2C2(c3cc(C)ccc3C3=CC=C(C)CC32)c2cc3c(cc21)oc1ccccc13. The molecule has 0 N–H and O–H groups in total. The molecule has 3 atom stereocenters. The molecule has 5 aromatic carbocycles. The lowest BCUT2D eigenvalue weighted by Crippen LogP contribution is -2.46. The Kier molecular flexibility index (Phi) is 5.27. The van der Waals surface area contributed by atoms with Gasteiger partial charge in [-0.1, -0.05) is 119 Å². The van der Waals surface area contributed by atoms with E-state index in [-0.39, 0.29) is 11.3 Å². The standard InChI is InChI=1S/C48H38O/c1-27-13-17-31-32-18-14-28(2)22-40(32)47(39(31)21-27)37-10-6-7-11-38(37)48(41-23-29(3)15-19-33(41)34-20-16-30(4)24-42(34)48)44-26-46-36(25-43(44)47)35-9-5-8-12-45(35)49-46/h5-15,17-19,21,23-26,40H,16,20,22H2,1-4H3. The lowest BCUT2D eigenvalue weighted by molar-refractivity contribution is 0.446. The van der Waals surface area contributed by atoms with E-state index in [9.17, 15) is 0 Å². The summed E-state index contributed by atoms with van der Waals surface area (Å²) in [6, 6.07) is 37.7. The van der Waals surface area contributed by atoms with Crippen molar-refractivity contribution in [2.45, 2.75) is 57.8 Å². The molecule has 236 valence electrons. The highest BCUT2D eigenvalue weighted by molar-refractivity contribution is 6.07. The summed E-state index contributed by atoms with van der Waals surface area (Å²) in [7, 11) is 0. The predicted octanol–water partition coefficient (Wildman–Crippen LogP) is 12.1. The van der Waals surface area contributed by atoms with Crippen LogP contribution in [0.3, 0.4) is 0 Å². The molecule has 5 aliphatic rings. The van der Waals surface area contributed by atoms with Crippen molar-refractivity contribution in [2.75, 3.05) is 0 Å². The Hall–Kier alpha value is -5.14. The van der Waals surface area contributed by atoms with Crippen LogP contribution in [0.4, 0.5) is 0 Å². The molecule has 0 saturated carbocycles. The average Bonchev–Trinajstić information content (AvgIpc) is 3.70. The van der Waals surface area contributed by atoms with Crippen LogP contribution in [0.2, 0.25) is 0 Å². The lowest BCUT2D eigenvalue weighted by Gasteiger charge is -2.51. The summed E-state index contributed by atoms with van der Waals surface area (Å²) in [6.07, 6.45) is 10.6. The third-order valence-electron chi connectivity index (χ3n) is 12.8. The van der Waals surface area contributed by atoms with Crippen molar-refractivity contribution in [2.24, 2.45) is 5.92 Å². The molecule has 1 nitrogen and oxygen atoms in total. The molecule has 0 saturated heterocycles. The first-order valence-corrected chi connectivity index (χ1v) is 18.0. The van der Waals surface area contributed by atoms with E-state index in [0.29, 0.717) is 0 Å². The molecule has 49 heavy (non-hydrogen) atoms. The van der Waals surface area contributed by atoms with E-state index in [0.717, 1.165) is 30.4 Å². The largest absolute Gasteiger partial charge is 0.456 e. The van der Waals surface area contributed by atoms with Gasteiger partial charge in [0.05, 0.1) is 10.8 Å². The molecule has 0 radical (unpaired) electrons. The smallest absolute Gasteiger partial charge is 0.135 e. The van der Waals surface area contributed by atoms with Crippen LogP contribution in [0, 0.1) is 19.8 Å². The molecule has 1 heterocycles. The number of hydrogen-bond donors (Lipinski definition) is 0. The summed E-state index contributed by atoms with van der Waals surface area (Å²) in [6.45, 7) is 9.17. The Morgan fingerprint density at radius 2 is 1.33 bits per heavy atom. The van der Waals surface area contributed by atoms with Gasteiger partial charge in [0.1, 0.15) is 11.2 Å². The number of aryl methyl sites for hydroxylation is 2. The number of hydrogen-bond acceptors (Lipinski definition) is 1. The first-order chi connectivity index (χ1) is 23.9. The maximum Gasteiger partial charge on any atom is 0.135 e. The Morgan fingerprint density at radius 3 is 2.18 bits per heavy atom. The highest BCUT2D eigenvalue weighted by Crippen LogP contribution is 2.70. The first kappa shape index (κ1) is 27.8. The molecule has 0 fully saturated rings. The highest BCUT2D eigenvalue weighted by atomic mass is 16.3. The van der Waals surface area contributed by atoms with Gasteiger partial charge in [-0.05, 0) is 126 Å². The Morgan fingerprint density at radius 1 is 0.571 bits per heavy atom. The van der Waals surface area contributed by atoms with Gasteiger partial charge >= 0.3 is 0 Å². The zero-order valence-electron chi connectivity index (χ0n) is 28.6. The summed E-state index contributed by atoms with van der Waals surface area (Å²) in [4.78, 5) is 0. The van der Waals surface area contributed by atoms with Crippen LogP contribution in [0.5, 0.6) is 0 Å². The Bertz CT molecular complexity index is 2630. The van der Waals surface area contributed by atoms with Crippen LogP contribution in [-0.4, -0.2) is 0 Å². The summed E-state index contributed by atoms with van der Waals surface area (Å²) in [5.41, 5.74) is 22.6. The number of para-hydroxylation sites is 1. The minimum absolute atomic E-state index is 0.289. The summed E-state index contributed by atoms with van der Waals surface area (Å²) in [5, 5.41) is 2.40. The maximum absolute atomic E-state index is 6.79. The van der Waals surface area contributed by atoms with Gasteiger partial charge in [-0.3, -0.25) is 0 Å². The molecule has 6 aromatic rings. The minimum Gasteiger partial charge on any atom is -0.456 e. The van der Waals surface area contributed by atoms with Gasteiger partial charge in [0.25, 0.3) is 0 Å². The van der Waals surface area contributed by atoms with Crippen molar-refractivity contribution in [3.8, 4) is 0 Å². The fourth-order valence-electron chi connectivity index (χ4n) is 10.9. The van der Waals surface area contributed by atoms with Crippen molar-refractivity contribution in [3.63, 3.8) is 0 Å². The number of fused-ring (bicyclic) bond motifs is 18. The molecule has 0 bridgehead atoms. The molecule has 11 rings (SSSR count). The lowest BCUT2D eigenvalue weighted by atomic mass is 9.50. The van der Waals surface area contributed by atoms with Crippen LogP contribution in [-0.2, 0) is 10.8 Å². The molecule has 0 amide bonds. The van der Waals surface area contributed by atoms with Crippen molar-refractivity contribution >= 4 is 33.1 Å². The van der Waals surface area contributed by atoms with E-state index in [4.69, 9.17) is 4.42 Å². The van der Waals surface area contributed by atoms with Crippen molar-refractivity contribution < 1.29 is 4.42 Å². The third kappa shape index (κ3) is 3.23. The maximum atomic E-state index is 6.79. The van der Waals surface area contributed by atoms with Gasteiger partial charge in [0, 0.05) is 16.7 Å². The van der Waals surface area contributed by atoms with E-state index in [2.05, 4.69) is 143 Å². The zero-order chi connectivity index (χ0) is 32.8. The van der Waals surface area contributed by atoms with Gasteiger partial charge in [-0.25, -0.2) is 0 Å². The second-order valence-electron chi connectivity index (χ2n) is 15.5. The summed E-state index contributed by atoms with van der Waals surface area (Å²) >= 11 is 0. The summed E-state index contributed by atoms with van der Waals surface area (Å²) < 4.78 is 6.79. The molecule has 5 aliphatic carbocycles. The quantitative estimate of drug-likeness (QED) is 0.163. The van der Waals surface area contributed by atoms with Crippen molar-refractivity contribution in [3.05, 3.63) is 188 Å². The molecule has 1 heteroatoms. The van der Waals surface area contributed by atoms with Crippen molar-refractivity contribution in [1.82, 2.24) is 0 Å². The van der Waals surface area contributed by atoms with Gasteiger partial charge in [0.15, 0.2) is 0 Å². The van der Waals surface area contributed by atoms with Crippen LogP contribution in [0.1, 0.15) is 88.7 Å². The Labute approximate surface area is 288 Å². The number of rotatable bonds is 0. The topological polar surface area (TPSA) is 13.1 Å². The third-order valence-corrected chi connectivity index (χ3v) is 12.8. The second kappa shape index (κ2) is 9.30. The van der Waals surface area contributed by atoms with Crippen LogP contribution < -0.4 is 0 Å². The molecular formula is C48H38O. The highest BCUT2D eigenvalue weighted by Gasteiger charge is 2.62. The second-order valence-corrected chi connectivity index (χ2v) is 15.5. The van der Waals surface area contributed by atoms with E-state index in [1.165, 1.54) is 94.3 Å². The monoisotopic (exact) mass is 630 g/mol. The normalized spacial score (nSPS) is 24.3. The van der Waals surface area contributed by atoms with Crippen LogP contribution in [0.15, 0.2) is 136 Å². The van der Waals surface area contributed by atoms with Gasteiger partial charge < -0.3 is 4.42 Å². The number of furan rings is 1. The number of benzene rings is 5. The fraction of sp³-hybridized carbons (Fsp3) is 0.208. The first-order valence-electron chi connectivity index (χ1n) is 18.0. The molecule has 2 spiro atoms. The van der Waals surface area contributed by atoms with E-state index >= 15 is 0 Å². The van der Waals surface area contributed by atoms with Crippen molar-refractivity contribution in [1.29, 1.82) is 0 Å². The Balaban J connectivity index is 1.39. The summed E-state index contributed by atoms with van der Waals surface area (Å²) in [5.74, 6) is 0.289. The fourth-order valence-corrected chi connectivity index (χ4v) is 10.9. The minimum atomic E-state index is -0.446. The number of allylic oxidation sites excluding steroid dienone is 8. The molecule has 1 aromatic heterocycles. The molecular weight excluding hydrogens is 593 g/mol. The van der Waals surface area contributed by atoms with E-state index in [1.807, 2.05) is 0 Å². The van der Waals surface area contributed by atoms with Gasteiger partial charge in [-0.2, -0.15) is 0 Å². The van der Waals surface area contributed by atoms with E-state index < -0.39 is 5.41 Å². The molecule has 3 unspecified atom stereocenters. The van der Waals surface area contributed by atoms with Crippen LogP contribution >= 0.6 is 0 Å².